The molecule has 2 rings (SSSR count). The number of hydrogen-bond acceptors (Lipinski definition) is 3. The van der Waals surface area contributed by atoms with Gasteiger partial charge in [-0.25, -0.2) is 4.39 Å². The van der Waals surface area contributed by atoms with Gasteiger partial charge in [0.25, 0.3) is 0 Å². The molecular weight excluding hydrogens is 243 g/mol. The number of halogens is 1. The highest BCUT2D eigenvalue weighted by Gasteiger charge is 2.22. The van der Waals surface area contributed by atoms with Crippen molar-refractivity contribution in [1.82, 2.24) is 9.80 Å². The van der Waals surface area contributed by atoms with Crippen LogP contribution in [0, 0.1) is 5.82 Å². The molecule has 106 valence electrons. The van der Waals surface area contributed by atoms with E-state index >= 15 is 0 Å². The number of aliphatic hydroxyl groups is 1. The lowest BCUT2D eigenvalue weighted by atomic mass is 10.0. The normalized spacial score (nSPS) is 19.8. The molecule has 0 spiro atoms. The van der Waals surface area contributed by atoms with Gasteiger partial charge in [0, 0.05) is 12.6 Å². The predicted octanol–water partition coefficient (Wildman–Crippen LogP) is 1.89. The molecule has 4 heteroatoms. The summed E-state index contributed by atoms with van der Waals surface area (Å²) in [5, 5.41) is 10.2. The molecule has 1 fully saturated rings. The van der Waals surface area contributed by atoms with Gasteiger partial charge in [-0.15, -0.1) is 0 Å². The number of likely N-dealkylation sites (N-methyl/N-ethyl adjacent to an activating group) is 1. The van der Waals surface area contributed by atoms with Crippen LogP contribution >= 0.6 is 0 Å². The van der Waals surface area contributed by atoms with E-state index in [4.69, 9.17) is 0 Å². The van der Waals surface area contributed by atoms with Crippen LogP contribution in [0.1, 0.15) is 24.5 Å². The lowest BCUT2D eigenvalue weighted by Gasteiger charge is -2.36. The third-order valence-electron chi connectivity index (χ3n) is 4.03. The van der Waals surface area contributed by atoms with Crippen LogP contribution in [-0.4, -0.2) is 54.7 Å². The maximum Gasteiger partial charge on any atom is 0.123 e. The van der Waals surface area contributed by atoms with Crippen LogP contribution in [-0.2, 0) is 0 Å². The zero-order valence-corrected chi connectivity index (χ0v) is 11.7. The molecule has 1 aromatic rings. The Balaban J connectivity index is 1.87. The molecule has 0 bridgehead atoms. The maximum absolute atomic E-state index is 12.8. The number of aliphatic hydroxyl groups excluding tert-OH is 1. The van der Waals surface area contributed by atoms with Gasteiger partial charge in [-0.3, -0.25) is 0 Å². The van der Waals surface area contributed by atoms with Gasteiger partial charge in [0.05, 0.1) is 6.10 Å². The van der Waals surface area contributed by atoms with Crippen molar-refractivity contribution in [3.05, 3.63) is 35.6 Å². The SMILES string of the molecule is CN1CCC(N(C)CC(O)c2ccc(F)cc2)CC1. The van der Waals surface area contributed by atoms with Gasteiger partial charge in [0.15, 0.2) is 0 Å². The molecule has 1 heterocycles. The summed E-state index contributed by atoms with van der Waals surface area (Å²) in [6.45, 7) is 2.82. The van der Waals surface area contributed by atoms with Crippen LogP contribution in [0.15, 0.2) is 24.3 Å². The highest BCUT2D eigenvalue weighted by molar-refractivity contribution is 5.18. The van der Waals surface area contributed by atoms with E-state index in [9.17, 15) is 9.50 Å². The third-order valence-corrected chi connectivity index (χ3v) is 4.03. The smallest absolute Gasteiger partial charge is 0.123 e. The highest BCUT2D eigenvalue weighted by atomic mass is 19.1. The first-order valence-electron chi connectivity index (χ1n) is 6.88. The summed E-state index contributed by atoms with van der Waals surface area (Å²) in [7, 11) is 4.20. The van der Waals surface area contributed by atoms with E-state index in [1.807, 2.05) is 0 Å². The van der Waals surface area contributed by atoms with Gasteiger partial charge in [-0.1, -0.05) is 12.1 Å². The molecule has 0 saturated carbocycles. The van der Waals surface area contributed by atoms with Crippen molar-refractivity contribution in [2.45, 2.75) is 25.0 Å². The van der Waals surface area contributed by atoms with Crippen LogP contribution in [0.25, 0.3) is 0 Å². The van der Waals surface area contributed by atoms with Gasteiger partial charge >= 0.3 is 0 Å². The number of rotatable bonds is 4. The molecule has 0 radical (unpaired) electrons. The molecule has 1 saturated heterocycles. The first-order chi connectivity index (χ1) is 9.06. The second-order valence-electron chi connectivity index (χ2n) is 5.54. The summed E-state index contributed by atoms with van der Waals surface area (Å²) in [5.74, 6) is -0.264. The van der Waals surface area contributed by atoms with Crippen LogP contribution in [0.4, 0.5) is 4.39 Å². The van der Waals surface area contributed by atoms with E-state index in [2.05, 4.69) is 23.9 Å². The number of piperidine rings is 1. The molecule has 3 nitrogen and oxygen atoms in total. The number of likely N-dealkylation sites (tertiary alicyclic amines) is 1. The largest absolute Gasteiger partial charge is 0.387 e. The van der Waals surface area contributed by atoms with Crippen molar-refractivity contribution < 1.29 is 9.50 Å². The molecule has 0 amide bonds. The minimum atomic E-state index is -0.551. The Bertz CT molecular complexity index is 388. The predicted molar refractivity (Wildman–Crippen MR) is 74.5 cm³/mol. The molecule has 0 aromatic heterocycles. The average Bonchev–Trinajstić information content (AvgIpc) is 2.40. The van der Waals surface area contributed by atoms with Gasteiger partial charge in [-0.05, 0) is 57.7 Å². The summed E-state index contributed by atoms with van der Waals surface area (Å²) >= 11 is 0. The minimum absolute atomic E-state index is 0.264. The summed E-state index contributed by atoms with van der Waals surface area (Å²) in [5.41, 5.74) is 0.779. The van der Waals surface area contributed by atoms with E-state index in [0.29, 0.717) is 12.6 Å². The topological polar surface area (TPSA) is 26.7 Å². The van der Waals surface area contributed by atoms with E-state index in [1.165, 1.54) is 12.1 Å². The summed E-state index contributed by atoms with van der Waals surface area (Å²) in [4.78, 5) is 4.56. The fourth-order valence-corrected chi connectivity index (χ4v) is 2.65. The summed E-state index contributed by atoms with van der Waals surface area (Å²) < 4.78 is 12.8. The van der Waals surface area contributed by atoms with Gasteiger partial charge in [-0.2, -0.15) is 0 Å². The fraction of sp³-hybridized carbons (Fsp3) is 0.600. The van der Waals surface area contributed by atoms with Crippen molar-refractivity contribution in [2.24, 2.45) is 0 Å². The Hall–Kier alpha value is -0.970. The van der Waals surface area contributed by atoms with E-state index in [-0.39, 0.29) is 5.82 Å². The average molecular weight is 266 g/mol. The minimum Gasteiger partial charge on any atom is -0.387 e. The summed E-state index contributed by atoms with van der Waals surface area (Å²) in [6.07, 6.45) is 1.73. The van der Waals surface area contributed by atoms with Crippen molar-refractivity contribution in [3.8, 4) is 0 Å². The molecule has 0 aliphatic carbocycles. The molecule has 1 N–H and O–H groups in total. The highest BCUT2D eigenvalue weighted by Crippen LogP contribution is 2.19. The van der Waals surface area contributed by atoms with Gasteiger partial charge in [0.2, 0.25) is 0 Å². The summed E-state index contributed by atoms with van der Waals surface area (Å²) in [6, 6.07) is 6.64. The lowest BCUT2D eigenvalue weighted by molar-refractivity contribution is 0.0788. The van der Waals surface area contributed by atoms with Crippen LogP contribution in [0.2, 0.25) is 0 Å². The Labute approximate surface area is 114 Å². The number of nitrogens with zero attached hydrogens (tertiary/aromatic N) is 2. The van der Waals surface area contributed by atoms with E-state index in [1.54, 1.807) is 12.1 Å². The number of hydrogen-bond donors (Lipinski definition) is 1. The molecular formula is C15H23FN2O. The maximum atomic E-state index is 12.8. The van der Waals surface area contributed by atoms with Gasteiger partial charge in [0.1, 0.15) is 5.82 Å². The molecule has 1 unspecified atom stereocenters. The van der Waals surface area contributed by atoms with Gasteiger partial charge < -0.3 is 14.9 Å². The van der Waals surface area contributed by atoms with Crippen molar-refractivity contribution in [2.75, 3.05) is 33.7 Å². The zero-order valence-electron chi connectivity index (χ0n) is 11.7. The van der Waals surface area contributed by atoms with Crippen molar-refractivity contribution >= 4 is 0 Å². The molecule has 1 aliphatic heterocycles. The number of benzene rings is 1. The molecule has 1 aliphatic rings. The standard InChI is InChI=1S/C15H23FN2O/c1-17-9-7-14(8-10-17)18(2)11-15(19)12-3-5-13(16)6-4-12/h3-6,14-15,19H,7-11H2,1-2H3. The first-order valence-corrected chi connectivity index (χ1v) is 6.88. The van der Waals surface area contributed by atoms with E-state index < -0.39 is 6.10 Å². The van der Waals surface area contributed by atoms with Crippen LogP contribution < -0.4 is 0 Å². The molecule has 1 atom stereocenters. The quantitative estimate of drug-likeness (QED) is 0.901. The Morgan fingerprint density at radius 3 is 2.47 bits per heavy atom. The Morgan fingerprint density at radius 1 is 1.32 bits per heavy atom. The van der Waals surface area contributed by atoms with Crippen LogP contribution in [0.5, 0.6) is 0 Å². The Kier molecular flexibility index (Phi) is 4.91. The van der Waals surface area contributed by atoms with Crippen LogP contribution in [0.3, 0.4) is 0 Å². The monoisotopic (exact) mass is 266 g/mol. The first kappa shape index (κ1) is 14.4. The van der Waals surface area contributed by atoms with Crippen molar-refractivity contribution in [3.63, 3.8) is 0 Å². The molecule has 19 heavy (non-hydrogen) atoms. The molecule has 1 aromatic carbocycles. The Morgan fingerprint density at radius 2 is 1.89 bits per heavy atom. The zero-order chi connectivity index (χ0) is 13.8. The lowest BCUT2D eigenvalue weighted by Crippen LogP contribution is -2.43. The second kappa shape index (κ2) is 6.46. The second-order valence-corrected chi connectivity index (χ2v) is 5.54. The fourth-order valence-electron chi connectivity index (χ4n) is 2.65. The third kappa shape index (κ3) is 4.00. The van der Waals surface area contributed by atoms with E-state index in [0.717, 1.165) is 31.5 Å². The van der Waals surface area contributed by atoms with Crippen molar-refractivity contribution in [1.29, 1.82) is 0 Å².